The first-order chi connectivity index (χ1) is 18.1. The van der Waals surface area contributed by atoms with Crippen LogP contribution >= 0.6 is 0 Å². The number of halogens is 3. The zero-order valence-corrected chi connectivity index (χ0v) is 20.9. The molecule has 0 saturated carbocycles. The van der Waals surface area contributed by atoms with E-state index < -0.39 is 105 Å². The summed E-state index contributed by atoms with van der Waals surface area (Å²) in [6.45, 7) is 0.440. The number of aromatic hydroxyl groups is 1. The van der Waals surface area contributed by atoms with Gasteiger partial charge < -0.3 is 31.5 Å². The van der Waals surface area contributed by atoms with Gasteiger partial charge >= 0.3 is 6.18 Å². The number of benzene rings is 1. The maximum atomic E-state index is 14.5. The number of nitrogens with two attached hydrogens (primary N) is 1. The lowest BCUT2D eigenvalue weighted by Crippen LogP contribution is -2.63. The van der Waals surface area contributed by atoms with Crippen LogP contribution < -0.4 is 11.1 Å². The molecule has 4 aliphatic carbocycles. The predicted molar refractivity (Wildman–Crippen MR) is 127 cm³/mol. The number of ketones is 2. The van der Waals surface area contributed by atoms with Gasteiger partial charge in [0.05, 0.1) is 17.2 Å². The molecule has 1 amide bonds. The van der Waals surface area contributed by atoms with Gasteiger partial charge in [0.1, 0.15) is 22.8 Å². The average Bonchev–Trinajstić information content (AvgIpc) is 3.21. The molecule has 5 aliphatic rings. The van der Waals surface area contributed by atoms with Crippen molar-refractivity contribution in [1.29, 1.82) is 0 Å². The van der Waals surface area contributed by atoms with Crippen molar-refractivity contribution < 1.29 is 48.0 Å². The highest BCUT2D eigenvalue weighted by atomic mass is 19.4. The third-order valence-electron chi connectivity index (χ3n) is 9.16. The summed E-state index contributed by atoms with van der Waals surface area (Å²) in [5.74, 6) is -9.24. The average molecular weight is 550 g/mol. The van der Waals surface area contributed by atoms with E-state index in [-0.39, 0.29) is 23.1 Å². The second-order valence-corrected chi connectivity index (χ2v) is 11.2. The molecule has 6 rings (SSSR count). The summed E-state index contributed by atoms with van der Waals surface area (Å²) >= 11 is 0. The summed E-state index contributed by atoms with van der Waals surface area (Å²) in [4.78, 5) is 40.6. The first kappa shape index (κ1) is 25.8. The second-order valence-electron chi connectivity index (χ2n) is 11.2. The number of allylic oxidation sites excluding steroid dienone is 1. The SMILES string of the molecule is CN(C)[C@@H]1C(O)=C(C(N)=O)C(=O)[C@@]2(O)C(O)=C3C(=O)c4c(O)c5c(c(C(F)(F)F)c4C[C@H]3C[C@@H]12)C1CCNC51. The summed E-state index contributed by atoms with van der Waals surface area (Å²) in [6, 6.07) is -1.78. The molecule has 2 unspecified atom stereocenters. The highest BCUT2D eigenvalue weighted by molar-refractivity contribution is 6.24. The Labute approximate surface area is 219 Å². The summed E-state index contributed by atoms with van der Waals surface area (Å²) in [5, 5.41) is 47.9. The van der Waals surface area contributed by atoms with Crippen LogP contribution in [0.2, 0.25) is 0 Å². The standard InChI is InChI=1S/C26H26F3N3O7/c1-32(2)18-10-6-7-5-9-13(20(34)14-12(16(9)26(27,28)29)8-3-4-31-17(8)14)19(33)11(7)22(36)25(10,39)23(37)15(21(18)35)24(30)38/h7-8,10,17-18,31,34-36,39H,3-6H2,1-2H3,(H2,30,38)/t7-,8?,10-,17?,18-,25-/m0/s1. The Kier molecular flexibility index (Phi) is 5.19. The third-order valence-corrected chi connectivity index (χ3v) is 9.16. The van der Waals surface area contributed by atoms with Gasteiger partial charge in [-0.25, -0.2) is 0 Å². The summed E-state index contributed by atoms with van der Waals surface area (Å²) in [6.07, 6.45) is -5.08. The molecule has 1 aliphatic heterocycles. The lowest BCUT2D eigenvalue weighted by atomic mass is 9.57. The molecule has 1 aromatic rings. The number of fused-ring (bicyclic) bond motifs is 7. The molecular weight excluding hydrogens is 523 g/mol. The van der Waals surface area contributed by atoms with Crippen LogP contribution in [0.25, 0.3) is 0 Å². The van der Waals surface area contributed by atoms with Gasteiger partial charge in [-0.15, -0.1) is 0 Å². The number of phenolic OH excluding ortho intramolecular Hbond substituents is 1. The van der Waals surface area contributed by atoms with Crippen LogP contribution in [-0.4, -0.2) is 75.1 Å². The van der Waals surface area contributed by atoms with Crippen LogP contribution in [0.1, 0.15) is 57.4 Å². The Morgan fingerprint density at radius 3 is 2.41 bits per heavy atom. The van der Waals surface area contributed by atoms with Gasteiger partial charge in [0.2, 0.25) is 5.78 Å². The van der Waals surface area contributed by atoms with Gasteiger partial charge in [0, 0.05) is 29.0 Å². The molecule has 10 nitrogen and oxygen atoms in total. The van der Waals surface area contributed by atoms with Crippen LogP contribution in [0.15, 0.2) is 22.7 Å². The summed E-state index contributed by atoms with van der Waals surface area (Å²) in [7, 11) is 2.94. The Morgan fingerprint density at radius 1 is 1.15 bits per heavy atom. The molecule has 0 aromatic heterocycles. The number of likely N-dealkylation sites (N-methyl/N-ethyl adjacent to an activating group) is 1. The number of hydrogen-bond acceptors (Lipinski definition) is 9. The largest absolute Gasteiger partial charge is 0.510 e. The van der Waals surface area contributed by atoms with Crippen molar-refractivity contribution in [3.63, 3.8) is 0 Å². The van der Waals surface area contributed by atoms with E-state index in [1.165, 1.54) is 19.0 Å². The van der Waals surface area contributed by atoms with E-state index >= 15 is 0 Å². The highest BCUT2D eigenvalue weighted by Gasteiger charge is 2.64. The fraction of sp³-hybridized carbons (Fsp3) is 0.500. The molecule has 0 radical (unpaired) electrons. The molecule has 39 heavy (non-hydrogen) atoms. The molecule has 13 heteroatoms. The van der Waals surface area contributed by atoms with E-state index in [0.29, 0.717) is 13.0 Å². The molecular formula is C26H26F3N3O7. The van der Waals surface area contributed by atoms with Gasteiger partial charge in [-0.3, -0.25) is 19.3 Å². The third kappa shape index (κ3) is 3.00. The first-order valence-corrected chi connectivity index (χ1v) is 12.5. The van der Waals surface area contributed by atoms with Crippen molar-refractivity contribution in [2.24, 2.45) is 17.6 Å². The maximum Gasteiger partial charge on any atom is 0.416 e. The fourth-order valence-electron chi connectivity index (χ4n) is 7.67. The number of nitrogens with one attached hydrogen (secondary N) is 1. The van der Waals surface area contributed by atoms with Crippen LogP contribution in [0.5, 0.6) is 5.75 Å². The zero-order chi connectivity index (χ0) is 28.5. The number of rotatable bonds is 2. The first-order valence-electron chi connectivity index (χ1n) is 12.5. The normalized spacial score (nSPS) is 33.4. The second kappa shape index (κ2) is 7.83. The lowest BCUT2D eigenvalue weighted by molar-refractivity contribution is -0.148. The van der Waals surface area contributed by atoms with Crippen molar-refractivity contribution in [3.05, 3.63) is 50.5 Å². The Bertz CT molecular complexity index is 1460. The highest BCUT2D eigenvalue weighted by Crippen LogP contribution is 2.62. The van der Waals surface area contributed by atoms with E-state index in [9.17, 15) is 48.0 Å². The van der Waals surface area contributed by atoms with Crippen LogP contribution in [-0.2, 0) is 22.2 Å². The van der Waals surface area contributed by atoms with Crippen LogP contribution in [0, 0.1) is 11.8 Å². The van der Waals surface area contributed by atoms with Crippen molar-refractivity contribution in [1.82, 2.24) is 10.2 Å². The minimum Gasteiger partial charge on any atom is -0.510 e. The van der Waals surface area contributed by atoms with Crippen LogP contribution in [0.4, 0.5) is 13.2 Å². The number of hydrogen-bond donors (Lipinski definition) is 6. The number of carbonyl (C=O) groups excluding carboxylic acids is 3. The van der Waals surface area contributed by atoms with Crippen molar-refractivity contribution in [2.45, 2.75) is 49.0 Å². The molecule has 208 valence electrons. The zero-order valence-electron chi connectivity index (χ0n) is 20.9. The number of phenols is 1. The number of nitrogens with zero attached hydrogens (tertiary/aromatic N) is 1. The Balaban J connectivity index is 1.59. The van der Waals surface area contributed by atoms with Gasteiger partial charge in [-0.2, -0.15) is 13.2 Å². The van der Waals surface area contributed by atoms with Crippen LogP contribution in [0.3, 0.4) is 0 Å². The minimum atomic E-state index is -4.83. The summed E-state index contributed by atoms with van der Waals surface area (Å²) in [5.41, 5.74) is -1.01. The van der Waals surface area contributed by atoms with Gasteiger partial charge in [0.25, 0.3) is 5.91 Å². The summed E-state index contributed by atoms with van der Waals surface area (Å²) < 4.78 is 43.6. The number of carbonyl (C=O) groups is 3. The van der Waals surface area contributed by atoms with Crippen molar-refractivity contribution >= 4 is 17.5 Å². The monoisotopic (exact) mass is 549 g/mol. The Hall–Kier alpha value is -3.42. The lowest BCUT2D eigenvalue weighted by Gasteiger charge is -2.50. The number of amides is 1. The minimum absolute atomic E-state index is 0.00634. The van der Waals surface area contributed by atoms with Crippen molar-refractivity contribution in [3.8, 4) is 5.75 Å². The molecule has 1 fully saturated rings. The van der Waals surface area contributed by atoms with E-state index in [4.69, 9.17) is 5.73 Å². The smallest absolute Gasteiger partial charge is 0.416 e. The number of primary amides is 1. The predicted octanol–water partition coefficient (Wildman–Crippen LogP) is 1.27. The Morgan fingerprint density at radius 2 is 1.82 bits per heavy atom. The molecule has 1 aromatic carbocycles. The van der Waals surface area contributed by atoms with Gasteiger partial charge in [-0.05, 0) is 56.9 Å². The number of aliphatic hydroxyl groups excluding tert-OH is 2. The number of alkyl halides is 3. The molecule has 1 heterocycles. The molecule has 1 saturated heterocycles. The van der Waals surface area contributed by atoms with Gasteiger partial charge in [0.15, 0.2) is 11.4 Å². The number of Topliss-reactive ketones (excluding diaryl/α,β-unsaturated/α-hetero) is 2. The van der Waals surface area contributed by atoms with E-state index in [2.05, 4.69) is 5.32 Å². The number of aliphatic hydroxyl groups is 3. The topological polar surface area (TPSA) is 173 Å². The van der Waals surface area contributed by atoms with Crippen molar-refractivity contribution in [2.75, 3.05) is 20.6 Å². The molecule has 6 atom stereocenters. The van der Waals surface area contributed by atoms with E-state index in [1.54, 1.807) is 0 Å². The van der Waals surface area contributed by atoms with E-state index in [0.717, 1.165) is 0 Å². The molecule has 0 bridgehead atoms. The fourth-order valence-corrected chi connectivity index (χ4v) is 7.67. The maximum absolute atomic E-state index is 14.5. The van der Waals surface area contributed by atoms with Gasteiger partial charge in [-0.1, -0.05) is 0 Å². The molecule has 0 spiro atoms. The quantitative estimate of drug-likeness (QED) is 0.297. The van der Waals surface area contributed by atoms with E-state index in [1.807, 2.05) is 0 Å². The molecule has 7 N–H and O–H groups in total.